The van der Waals surface area contributed by atoms with Crippen molar-refractivity contribution in [1.82, 2.24) is 0 Å². The molecule has 0 aliphatic carbocycles. The number of halogens is 1. The summed E-state index contributed by atoms with van der Waals surface area (Å²) in [6.07, 6.45) is 0. The summed E-state index contributed by atoms with van der Waals surface area (Å²) in [5.74, 6) is 1.63. The molecular formula is C17H14ClNO. The van der Waals surface area contributed by atoms with Gasteiger partial charge in [0.05, 0.1) is 11.4 Å². The average molecular weight is 284 g/mol. The van der Waals surface area contributed by atoms with E-state index in [9.17, 15) is 0 Å². The largest absolute Gasteiger partial charge is 0.459 e. The van der Waals surface area contributed by atoms with Gasteiger partial charge in [0.1, 0.15) is 11.5 Å². The van der Waals surface area contributed by atoms with Crippen LogP contribution in [0, 0.1) is 0 Å². The van der Waals surface area contributed by atoms with Gasteiger partial charge in [0.25, 0.3) is 0 Å². The Bertz CT molecular complexity index is 731. The highest BCUT2D eigenvalue weighted by Gasteiger charge is 2.17. The molecule has 1 heterocycles. The maximum atomic E-state index is 6.10. The molecular weight excluding hydrogens is 270 g/mol. The fourth-order valence-corrected chi connectivity index (χ4v) is 2.34. The van der Waals surface area contributed by atoms with Crippen molar-refractivity contribution < 1.29 is 4.74 Å². The minimum atomic E-state index is 0.700. The third kappa shape index (κ3) is 2.35. The van der Waals surface area contributed by atoms with Crippen LogP contribution in [0.1, 0.15) is 25.0 Å². The van der Waals surface area contributed by atoms with Gasteiger partial charge in [0.15, 0.2) is 0 Å². The molecule has 0 atom stereocenters. The van der Waals surface area contributed by atoms with Crippen molar-refractivity contribution in [3.63, 3.8) is 0 Å². The third-order valence-electron chi connectivity index (χ3n) is 3.29. The van der Waals surface area contributed by atoms with E-state index in [1.807, 2.05) is 62.4 Å². The lowest BCUT2D eigenvalue weighted by Gasteiger charge is -2.10. The minimum absolute atomic E-state index is 0.700. The van der Waals surface area contributed by atoms with Gasteiger partial charge in [-0.1, -0.05) is 35.9 Å². The molecule has 0 bridgehead atoms. The Morgan fingerprint density at radius 3 is 2.60 bits per heavy atom. The molecule has 0 aromatic heterocycles. The highest BCUT2D eigenvalue weighted by molar-refractivity contribution is 6.31. The molecule has 0 amide bonds. The van der Waals surface area contributed by atoms with Gasteiger partial charge < -0.3 is 4.74 Å². The number of allylic oxidation sites excluding steroid dienone is 2. The molecule has 0 unspecified atom stereocenters. The SMILES string of the molecule is CC1=C(C)Oc2ccccc2C(c2cccc(Cl)c2)=N1. The number of hydrogen-bond acceptors (Lipinski definition) is 2. The van der Waals surface area contributed by atoms with E-state index in [1.165, 1.54) is 0 Å². The standard InChI is InChI=1S/C17H14ClNO/c1-11-12(2)20-16-9-4-3-8-15(16)17(19-11)13-6-5-7-14(18)10-13/h3-10H,1-2H3. The molecule has 20 heavy (non-hydrogen) atoms. The first kappa shape index (κ1) is 12.9. The zero-order chi connectivity index (χ0) is 14.1. The van der Waals surface area contributed by atoms with Crippen molar-refractivity contribution >= 4 is 17.3 Å². The van der Waals surface area contributed by atoms with Crippen LogP contribution in [0.5, 0.6) is 5.75 Å². The smallest absolute Gasteiger partial charge is 0.136 e. The van der Waals surface area contributed by atoms with Gasteiger partial charge in [-0.2, -0.15) is 0 Å². The molecule has 2 aromatic carbocycles. The number of benzene rings is 2. The second kappa shape index (κ2) is 5.14. The van der Waals surface area contributed by atoms with Crippen LogP contribution in [-0.2, 0) is 0 Å². The number of rotatable bonds is 1. The van der Waals surface area contributed by atoms with E-state index >= 15 is 0 Å². The van der Waals surface area contributed by atoms with Crippen molar-refractivity contribution in [3.8, 4) is 5.75 Å². The third-order valence-corrected chi connectivity index (χ3v) is 3.53. The monoisotopic (exact) mass is 283 g/mol. The number of hydrogen-bond donors (Lipinski definition) is 0. The average Bonchev–Trinajstić information content (AvgIpc) is 2.57. The van der Waals surface area contributed by atoms with Crippen molar-refractivity contribution in [3.05, 3.63) is 76.1 Å². The fourth-order valence-electron chi connectivity index (χ4n) is 2.15. The summed E-state index contributed by atoms with van der Waals surface area (Å²) >= 11 is 6.10. The summed E-state index contributed by atoms with van der Waals surface area (Å²) in [4.78, 5) is 4.72. The Balaban J connectivity index is 2.24. The van der Waals surface area contributed by atoms with E-state index in [1.54, 1.807) is 0 Å². The Labute approximate surface area is 123 Å². The Morgan fingerprint density at radius 1 is 1.00 bits per heavy atom. The van der Waals surface area contributed by atoms with Crippen molar-refractivity contribution in [2.24, 2.45) is 4.99 Å². The van der Waals surface area contributed by atoms with E-state index in [2.05, 4.69) is 0 Å². The van der Waals surface area contributed by atoms with E-state index < -0.39 is 0 Å². The normalized spacial score (nSPS) is 14.2. The van der Waals surface area contributed by atoms with Crippen molar-refractivity contribution in [2.45, 2.75) is 13.8 Å². The van der Waals surface area contributed by atoms with Gasteiger partial charge in [-0.05, 0) is 38.1 Å². The molecule has 1 aliphatic heterocycles. The number of nitrogens with zero attached hydrogens (tertiary/aromatic N) is 1. The first-order valence-electron chi connectivity index (χ1n) is 6.44. The molecule has 0 saturated heterocycles. The van der Waals surface area contributed by atoms with Gasteiger partial charge in [-0.3, -0.25) is 0 Å². The number of aliphatic imine (C=N–C) groups is 1. The van der Waals surface area contributed by atoms with Crippen LogP contribution in [0.2, 0.25) is 5.02 Å². The van der Waals surface area contributed by atoms with Crippen LogP contribution in [0.4, 0.5) is 0 Å². The van der Waals surface area contributed by atoms with Crippen molar-refractivity contribution in [2.75, 3.05) is 0 Å². The highest BCUT2D eigenvalue weighted by atomic mass is 35.5. The predicted octanol–water partition coefficient (Wildman–Crippen LogP) is 4.82. The quantitative estimate of drug-likeness (QED) is 0.735. The molecule has 3 rings (SSSR count). The number of fused-ring (bicyclic) bond motifs is 1. The molecule has 0 spiro atoms. The van der Waals surface area contributed by atoms with Gasteiger partial charge in [-0.25, -0.2) is 4.99 Å². The highest BCUT2D eigenvalue weighted by Crippen LogP contribution is 2.29. The van der Waals surface area contributed by atoms with Gasteiger partial charge in [0.2, 0.25) is 0 Å². The molecule has 1 aliphatic rings. The number of ether oxygens (including phenoxy) is 1. The Morgan fingerprint density at radius 2 is 1.80 bits per heavy atom. The molecule has 3 heteroatoms. The van der Waals surface area contributed by atoms with E-state index in [0.29, 0.717) is 5.02 Å². The summed E-state index contributed by atoms with van der Waals surface area (Å²) < 4.78 is 5.88. The lowest BCUT2D eigenvalue weighted by Crippen LogP contribution is -2.04. The van der Waals surface area contributed by atoms with Gasteiger partial charge >= 0.3 is 0 Å². The predicted molar refractivity (Wildman–Crippen MR) is 82.5 cm³/mol. The lowest BCUT2D eigenvalue weighted by atomic mass is 10.0. The zero-order valence-corrected chi connectivity index (χ0v) is 12.1. The first-order valence-corrected chi connectivity index (χ1v) is 6.82. The topological polar surface area (TPSA) is 21.6 Å². The minimum Gasteiger partial charge on any atom is -0.459 e. The van der Waals surface area contributed by atoms with Crippen LogP contribution in [0.25, 0.3) is 0 Å². The van der Waals surface area contributed by atoms with E-state index in [4.69, 9.17) is 21.3 Å². The Hall–Kier alpha value is -2.06. The zero-order valence-electron chi connectivity index (χ0n) is 11.4. The van der Waals surface area contributed by atoms with Crippen molar-refractivity contribution in [1.29, 1.82) is 0 Å². The summed E-state index contributed by atoms with van der Waals surface area (Å²) in [5.41, 5.74) is 3.72. The van der Waals surface area contributed by atoms with Crippen LogP contribution in [0.3, 0.4) is 0 Å². The molecule has 100 valence electrons. The second-order valence-corrected chi connectivity index (χ2v) is 5.15. The lowest BCUT2D eigenvalue weighted by molar-refractivity contribution is 0.421. The van der Waals surface area contributed by atoms with E-state index in [0.717, 1.165) is 34.0 Å². The summed E-state index contributed by atoms with van der Waals surface area (Å²) in [6.45, 7) is 3.88. The van der Waals surface area contributed by atoms with Crippen LogP contribution in [-0.4, -0.2) is 5.71 Å². The van der Waals surface area contributed by atoms with Gasteiger partial charge in [-0.15, -0.1) is 0 Å². The fraction of sp³-hybridized carbons (Fsp3) is 0.118. The molecule has 0 saturated carbocycles. The molecule has 2 aromatic rings. The van der Waals surface area contributed by atoms with Crippen LogP contribution < -0.4 is 4.74 Å². The second-order valence-electron chi connectivity index (χ2n) is 4.71. The summed E-state index contributed by atoms with van der Waals surface area (Å²) in [7, 11) is 0. The van der Waals surface area contributed by atoms with Gasteiger partial charge in [0, 0.05) is 16.1 Å². The van der Waals surface area contributed by atoms with Crippen LogP contribution in [0.15, 0.2) is 65.0 Å². The maximum Gasteiger partial charge on any atom is 0.136 e. The number of para-hydroxylation sites is 1. The Kier molecular flexibility index (Phi) is 3.33. The van der Waals surface area contributed by atoms with E-state index in [-0.39, 0.29) is 0 Å². The first-order chi connectivity index (χ1) is 9.65. The molecule has 0 N–H and O–H groups in total. The summed E-state index contributed by atoms with van der Waals surface area (Å²) in [6, 6.07) is 15.6. The summed E-state index contributed by atoms with van der Waals surface area (Å²) in [5, 5.41) is 0.700. The molecule has 0 radical (unpaired) electrons. The van der Waals surface area contributed by atoms with Crippen LogP contribution >= 0.6 is 11.6 Å². The molecule has 0 fully saturated rings. The maximum absolute atomic E-state index is 6.10. The molecule has 2 nitrogen and oxygen atoms in total.